The van der Waals surface area contributed by atoms with Crippen LogP contribution in [0.15, 0.2) is 59.5 Å². The lowest BCUT2D eigenvalue weighted by molar-refractivity contribution is -0.132. The SMILES string of the molecule is COc1ccc(/C(O)=C2/C(=O)C(=O)N(c3cccc(F)c3)C2c2sccc2C)cc1C. The van der Waals surface area contributed by atoms with Gasteiger partial charge in [-0.1, -0.05) is 6.07 Å². The average Bonchev–Trinajstić information content (AvgIpc) is 3.28. The number of Topliss-reactive ketones (excluding diaryl/α,β-unsaturated/α-hetero) is 1. The van der Waals surface area contributed by atoms with Crippen LogP contribution in [0.2, 0.25) is 0 Å². The molecule has 1 amide bonds. The van der Waals surface area contributed by atoms with Crippen molar-refractivity contribution in [2.24, 2.45) is 0 Å². The molecule has 1 aliphatic rings. The van der Waals surface area contributed by atoms with Crippen molar-refractivity contribution < 1.29 is 23.8 Å². The molecule has 1 aliphatic heterocycles. The zero-order valence-corrected chi connectivity index (χ0v) is 18.0. The Morgan fingerprint density at radius 2 is 1.87 bits per heavy atom. The van der Waals surface area contributed by atoms with E-state index in [-0.39, 0.29) is 17.0 Å². The van der Waals surface area contributed by atoms with Crippen LogP contribution in [0.4, 0.5) is 10.1 Å². The Bertz CT molecular complexity index is 1230. The number of nitrogens with zero attached hydrogens (tertiary/aromatic N) is 1. The van der Waals surface area contributed by atoms with Crippen molar-refractivity contribution in [3.8, 4) is 5.75 Å². The van der Waals surface area contributed by atoms with Crippen molar-refractivity contribution in [2.45, 2.75) is 19.9 Å². The Morgan fingerprint density at radius 3 is 2.48 bits per heavy atom. The van der Waals surface area contributed by atoms with Crippen molar-refractivity contribution in [2.75, 3.05) is 12.0 Å². The topological polar surface area (TPSA) is 66.8 Å². The third-order valence-electron chi connectivity index (χ3n) is 5.35. The van der Waals surface area contributed by atoms with E-state index in [0.717, 1.165) is 16.0 Å². The summed E-state index contributed by atoms with van der Waals surface area (Å²) >= 11 is 1.37. The van der Waals surface area contributed by atoms with Crippen LogP contribution in [0.1, 0.15) is 27.6 Å². The Hall–Kier alpha value is -3.45. The van der Waals surface area contributed by atoms with Gasteiger partial charge in [0.25, 0.3) is 11.7 Å². The minimum atomic E-state index is -0.857. The van der Waals surface area contributed by atoms with Crippen LogP contribution in [0, 0.1) is 19.7 Å². The zero-order chi connectivity index (χ0) is 22.3. The Morgan fingerprint density at radius 1 is 1.10 bits per heavy atom. The van der Waals surface area contributed by atoms with Gasteiger partial charge in [0, 0.05) is 16.1 Å². The molecule has 1 atom stereocenters. The molecule has 0 spiro atoms. The van der Waals surface area contributed by atoms with Crippen LogP contribution < -0.4 is 9.64 Å². The number of aliphatic hydroxyl groups excluding tert-OH is 1. The maximum absolute atomic E-state index is 13.9. The van der Waals surface area contributed by atoms with Gasteiger partial charge < -0.3 is 9.84 Å². The number of ether oxygens (including phenoxy) is 1. The predicted molar refractivity (Wildman–Crippen MR) is 118 cm³/mol. The summed E-state index contributed by atoms with van der Waals surface area (Å²) in [5.74, 6) is -1.78. The molecule has 7 heteroatoms. The number of carbonyl (C=O) groups excluding carboxylic acids is 2. The monoisotopic (exact) mass is 437 g/mol. The quantitative estimate of drug-likeness (QED) is 0.349. The van der Waals surface area contributed by atoms with Gasteiger partial charge in [-0.25, -0.2) is 4.39 Å². The van der Waals surface area contributed by atoms with E-state index in [1.165, 1.54) is 34.4 Å². The number of methoxy groups -OCH3 is 1. The summed E-state index contributed by atoms with van der Waals surface area (Å²) in [4.78, 5) is 28.1. The van der Waals surface area contributed by atoms with E-state index in [4.69, 9.17) is 4.74 Å². The van der Waals surface area contributed by atoms with E-state index in [1.807, 2.05) is 25.3 Å². The minimum Gasteiger partial charge on any atom is -0.507 e. The number of halogens is 1. The fourth-order valence-corrected chi connectivity index (χ4v) is 4.84. The number of carbonyl (C=O) groups is 2. The lowest BCUT2D eigenvalue weighted by atomic mass is 9.97. The van der Waals surface area contributed by atoms with Gasteiger partial charge in [-0.05, 0) is 72.8 Å². The van der Waals surface area contributed by atoms with Gasteiger partial charge in [0.1, 0.15) is 23.4 Å². The normalized spacial score (nSPS) is 17.9. The van der Waals surface area contributed by atoms with Crippen LogP contribution in [0.25, 0.3) is 5.76 Å². The second-order valence-corrected chi connectivity index (χ2v) is 8.25. The average molecular weight is 437 g/mol. The van der Waals surface area contributed by atoms with Crippen LogP contribution in [0.5, 0.6) is 5.75 Å². The highest BCUT2D eigenvalue weighted by Crippen LogP contribution is 2.45. The molecule has 1 N–H and O–H groups in total. The molecule has 0 radical (unpaired) electrons. The van der Waals surface area contributed by atoms with Gasteiger partial charge >= 0.3 is 0 Å². The number of aliphatic hydroxyl groups is 1. The first kappa shape index (κ1) is 20.8. The zero-order valence-electron chi connectivity index (χ0n) is 17.2. The highest BCUT2D eigenvalue weighted by Gasteiger charge is 2.48. The molecule has 31 heavy (non-hydrogen) atoms. The number of hydrogen-bond donors (Lipinski definition) is 1. The highest BCUT2D eigenvalue weighted by atomic mass is 32.1. The third-order valence-corrected chi connectivity index (χ3v) is 6.42. The van der Waals surface area contributed by atoms with E-state index in [1.54, 1.807) is 31.4 Å². The second kappa shape index (κ2) is 8.00. The second-order valence-electron chi connectivity index (χ2n) is 7.30. The minimum absolute atomic E-state index is 0.0237. The Kier molecular flexibility index (Phi) is 5.37. The van der Waals surface area contributed by atoms with E-state index < -0.39 is 23.5 Å². The molecule has 1 unspecified atom stereocenters. The van der Waals surface area contributed by atoms with Gasteiger partial charge in [-0.15, -0.1) is 11.3 Å². The first-order chi connectivity index (χ1) is 14.8. The molecule has 1 fully saturated rings. The smallest absolute Gasteiger partial charge is 0.300 e. The highest BCUT2D eigenvalue weighted by molar-refractivity contribution is 7.10. The lowest BCUT2D eigenvalue weighted by Gasteiger charge is -2.25. The largest absolute Gasteiger partial charge is 0.507 e. The molecule has 0 bridgehead atoms. The van der Waals surface area contributed by atoms with E-state index in [9.17, 15) is 19.1 Å². The third kappa shape index (κ3) is 3.51. The van der Waals surface area contributed by atoms with Crippen molar-refractivity contribution in [3.63, 3.8) is 0 Å². The number of aryl methyl sites for hydroxylation is 2. The van der Waals surface area contributed by atoms with Crippen LogP contribution >= 0.6 is 11.3 Å². The number of anilines is 1. The maximum Gasteiger partial charge on any atom is 0.300 e. The summed E-state index contributed by atoms with van der Waals surface area (Å²) in [5, 5.41) is 13.0. The Balaban J connectivity index is 1.95. The van der Waals surface area contributed by atoms with Crippen LogP contribution in [0.3, 0.4) is 0 Å². The lowest BCUT2D eigenvalue weighted by Crippen LogP contribution is -2.29. The number of amides is 1. The molecule has 0 saturated carbocycles. The number of benzene rings is 2. The molecule has 0 aliphatic carbocycles. The summed E-state index contributed by atoms with van der Waals surface area (Å²) in [7, 11) is 1.55. The molecule has 4 rings (SSSR count). The molecular weight excluding hydrogens is 417 g/mol. The molecule has 5 nitrogen and oxygen atoms in total. The van der Waals surface area contributed by atoms with E-state index in [0.29, 0.717) is 11.3 Å². The standard InChI is InChI=1S/C24H20FNO4S/c1-13-9-10-31-23(13)20-19(21(27)15-7-8-18(30-3)14(2)11-15)22(28)24(29)26(20)17-6-4-5-16(25)12-17/h4-12,20,27H,1-3H3/b21-19-. The van der Waals surface area contributed by atoms with Gasteiger partial charge in [0.15, 0.2) is 0 Å². The van der Waals surface area contributed by atoms with E-state index >= 15 is 0 Å². The summed E-state index contributed by atoms with van der Waals surface area (Å²) < 4.78 is 19.2. The number of rotatable bonds is 4. The van der Waals surface area contributed by atoms with Gasteiger partial charge in [-0.2, -0.15) is 0 Å². The summed E-state index contributed by atoms with van der Waals surface area (Å²) in [6.07, 6.45) is 0. The van der Waals surface area contributed by atoms with Crippen LogP contribution in [-0.4, -0.2) is 23.9 Å². The first-order valence-corrected chi connectivity index (χ1v) is 10.5. The number of hydrogen-bond acceptors (Lipinski definition) is 5. The maximum atomic E-state index is 13.9. The van der Waals surface area contributed by atoms with Crippen molar-refractivity contribution >= 4 is 34.5 Å². The summed E-state index contributed by atoms with van der Waals surface area (Å²) in [6.45, 7) is 3.69. The van der Waals surface area contributed by atoms with Crippen molar-refractivity contribution in [1.29, 1.82) is 0 Å². The number of thiophene rings is 1. The predicted octanol–water partition coefficient (Wildman–Crippen LogP) is 5.14. The fourth-order valence-electron chi connectivity index (χ4n) is 3.82. The van der Waals surface area contributed by atoms with Crippen LogP contribution in [-0.2, 0) is 9.59 Å². The molecule has 2 aromatic carbocycles. The van der Waals surface area contributed by atoms with Gasteiger partial charge in [0.05, 0.1) is 12.7 Å². The Labute approximate surface area is 183 Å². The van der Waals surface area contributed by atoms with E-state index in [2.05, 4.69) is 0 Å². The molecule has 1 aromatic heterocycles. The van der Waals surface area contributed by atoms with Gasteiger partial charge in [0.2, 0.25) is 0 Å². The molecule has 158 valence electrons. The first-order valence-electron chi connectivity index (χ1n) is 9.59. The molecule has 3 aromatic rings. The summed E-state index contributed by atoms with van der Waals surface area (Å²) in [6, 6.07) is 11.6. The van der Waals surface area contributed by atoms with Crippen molar-refractivity contribution in [1.82, 2.24) is 0 Å². The summed E-state index contributed by atoms with van der Waals surface area (Å²) in [5.41, 5.74) is 2.27. The fraction of sp³-hybridized carbons (Fsp3) is 0.167. The molecule has 1 saturated heterocycles. The van der Waals surface area contributed by atoms with Crippen molar-refractivity contribution in [3.05, 3.63) is 86.9 Å². The molecule has 2 heterocycles. The van der Waals surface area contributed by atoms with Gasteiger partial charge in [-0.3, -0.25) is 14.5 Å². The number of ketones is 1. The molecular formula is C24H20FNO4S.